The Morgan fingerprint density at radius 3 is 2.67 bits per heavy atom. The van der Waals surface area contributed by atoms with E-state index in [4.69, 9.17) is 9.56 Å². The van der Waals surface area contributed by atoms with Crippen LogP contribution in [0.5, 0.6) is 0 Å². The van der Waals surface area contributed by atoms with Gasteiger partial charge in [-0.25, -0.2) is 9.35 Å². The second-order valence-electron chi connectivity index (χ2n) is 5.85. The molecule has 0 saturated carbocycles. The molecule has 0 bridgehead atoms. The number of rotatable bonds is 4. The number of pyridine rings is 1. The second kappa shape index (κ2) is 7.14. The molecule has 3 N–H and O–H groups in total. The van der Waals surface area contributed by atoms with Crippen LogP contribution in [0, 0.1) is 0 Å². The maximum Gasteiger partial charge on any atom is 0.255 e. The Hall–Kier alpha value is -3.29. The molecule has 1 atom stereocenters. The van der Waals surface area contributed by atoms with Gasteiger partial charge in [-0.3, -0.25) is 9.78 Å². The third kappa shape index (κ3) is 3.51. The predicted molar refractivity (Wildman–Crippen MR) is 104 cm³/mol. The summed E-state index contributed by atoms with van der Waals surface area (Å²) in [4.78, 5) is 17.3. The van der Waals surface area contributed by atoms with Crippen molar-refractivity contribution in [1.29, 1.82) is 0 Å². The van der Waals surface area contributed by atoms with Gasteiger partial charge in [0, 0.05) is 28.4 Å². The van der Waals surface area contributed by atoms with Gasteiger partial charge in [-0.05, 0) is 42.5 Å². The quantitative estimate of drug-likeness (QED) is 0.566. The number of benzene rings is 2. The first kappa shape index (κ1) is 17.1. The van der Waals surface area contributed by atoms with E-state index in [9.17, 15) is 9.00 Å². The fraction of sp³-hybridized carbons (Fsp3) is 0. The lowest BCUT2D eigenvalue weighted by Crippen LogP contribution is -2.12. The molecule has 2 aromatic heterocycles. The lowest BCUT2D eigenvalue weighted by molar-refractivity contribution is 0.102. The van der Waals surface area contributed by atoms with Crippen LogP contribution in [0.1, 0.15) is 10.4 Å². The summed E-state index contributed by atoms with van der Waals surface area (Å²) in [6.07, 6.45) is 3.32. The molecule has 6 nitrogen and oxygen atoms in total. The van der Waals surface area contributed by atoms with Crippen LogP contribution in [0.2, 0.25) is 0 Å². The smallest absolute Gasteiger partial charge is 0.255 e. The van der Waals surface area contributed by atoms with Crippen LogP contribution in [0.15, 0.2) is 82.4 Å². The highest BCUT2D eigenvalue weighted by molar-refractivity contribution is 7.82. The van der Waals surface area contributed by atoms with E-state index in [0.717, 1.165) is 22.2 Å². The molecule has 1 unspecified atom stereocenters. The average molecular weight is 377 g/mol. The van der Waals surface area contributed by atoms with Gasteiger partial charge in [-0.15, -0.1) is 0 Å². The normalized spacial score (nSPS) is 12.0. The van der Waals surface area contributed by atoms with Gasteiger partial charge in [0.2, 0.25) is 0 Å². The van der Waals surface area contributed by atoms with E-state index in [0.29, 0.717) is 16.1 Å². The highest BCUT2D eigenvalue weighted by atomic mass is 32.2. The van der Waals surface area contributed by atoms with E-state index in [1.807, 2.05) is 24.3 Å². The molecule has 2 aromatic carbocycles. The molecule has 2 heterocycles. The highest BCUT2D eigenvalue weighted by Gasteiger charge is 2.10. The summed E-state index contributed by atoms with van der Waals surface area (Å²) >= 11 is 0. The predicted octanol–water partition coefficient (Wildman–Crippen LogP) is 3.73. The van der Waals surface area contributed by atoms with Gasteiger partial charge in [0.15, 0.2) is 0 Å². The molecule has 0 aliphatic carbocycles. The van der Waals surface area contributed by atoms with Crippen LogP contribution < -0.4 is 10.5 Å². The molecule has 0 aliphatic heterocycles. The summed E-state index contributed by atoms with van der Waals surface area (Å²) in [5.74, 6) is -0.268. The van der Waals surface area contributed by atoms with Crippen molar-refractivity contribution in [3.8, 4) is 11.3 Å². The Kier molecular flexibility index (Phi) is 4.53. The number of hydrogen-bond donors (Lipinski definition) is 2. The Balaban J connectivity index is 1.57. The highest BCUT2D eigenvalue weighted by Crippen LogP contribution is 2.27. The van der Waals surface area contributed by atoms with Crippen molar-refractivity contribution in [2.75, 3.05) is 5.32 Å². The minimum Gasteiger partial charge on any atom is -0.464 e. The van der Waals surface area contributed by atoms with Gasteiger partial charge in [-0.1, -0.05) is 18.2 Å². The largest absolute Gasteiger partial charge is 0.464 e. The van der Waals surface area contributed by atoms with E-state index in [2.05, 4.69) is 10.3 Å². The second-order valence-corrected chi connectivity index (χ2v) is 6.91. The van der Waals surface area contributed by atoms with Crippen LogP contribution in [0.3, 0.4) is 0 Å². The molecule has 1 amide bonds. The third-order valence-corrected chi connectivity index (χ3v) is 4.84. The van der Waals surface area contributed by atoms with Crippen LogP contribution in [0.4, 0.5) is 5.69 Å². The Bertz CT molecular complexity index is 1150. The number of aromatic nitrogens is 1. The molecule has 4 aromatic rings. The number of nitrogens with two attached hydrogens (primary N) is 1. The SMILES string of the molecule is NS(=O)c1cccc(NC(=O)c2ccc(-c3nccc4occc34)cc2)c1. The number of furan rings is 1. The number of amides is 1. The third-order valence-electron chi connectivity index (χ3n) is 4.12. The van der Waals surface area contributed by atoms with Gasteiger partial charge < -0.3 is 9.73 Å². The van der Waals surface area contributed by atoms with E-state index >= 15 is 0 Å². The summed E-state index contributed by atoms with van der Waals surface area (Å²) in [5.41, 5.74) is 3.48. The molecule has 27 heavy (non-hydrogen) atoms. The van der Waals surface area contributed by atoms with E-state index < -0.39 is 11.0 Å². The van der Waals surface area contributed by atoms with Gasteiger partial charge in [0.1, 0.15) is 16.6 Å². The van der Waals surface area contributed by atoms with E-state index in [-0.39, 0.29) is 5.91 Å². The van der Waals surface area contributed by atoms with E-state index in [1.165, 1.54) is 0 Å². The zero-order valence-corrected chi connectivity index (χ0v) is 14.9. The number of carbonyl (C=O) groups excluding carboxylic acids is 1. The van der Waals surface area contributed by atoms with Crippen molar-refractivity contribution in [2.24, 2.45) is 5.14 Å². The molecule has 4 rings (SSSR count). The van der Waals surface area contributed by atoms with Crippen LogP contribution in [0.25, 0.3) is 22.2 Å². The molecule has 0 aliphatic rings. The van der Waals surface area contributed by atoms with Crippen LogP contribution >= 0.6 is 0 Å². The Morgan fingerprint density at radius 1 is 1.07 bits per heavy atom. The standard InChI is InChI=1S/C20H15N3O3S/c21-27(25)16-3-1-2-15(12-16)23-20(24)14-6-4-13(5-7-14)19-17-9-11-26-18(17)8-10-22-19/h1-12H,21H2,(H,23,24). The maximum absolute atomic E-state index is 12.5. The summed E-state index contributed by atoms with van der Waals surface area (Å²) in [6, 6.07) is 17.5. The van der Waals surface area contributed by atoms with Crippen molar-refractivity contribution in [3.05, 3.63) is 78.7 Å². The number of carbonyl (C=O) groups is 1. The topological polar surface area (TPSA) is 98.2 Å². The van der Waals surface area contributed by atoms with Crippen molar-refractivity contribution < 1.29 is 13.4 Å². The van der Waals surface area contributed by atoms with Crippen molar-refractivity contribution >= 4 is 33.5 Å². The molecular weight excluding hydrogens is 362 g/mol. The summed E-state index contributed by atoms with van der Waals surface area (Å²) in [7, 11) is -1.60. The lowest BCUT2D eigenvalue weighted by atomic mass is 10.1. The molecule has 0 radical (unpaired) electrons. The average Bonchev–Trinajstić information content (AvgIpc) is 3.17. The van der Waals surface area contributed by atoms with Crippen LogP contribution in [-0.2, 0) is 11.0 Å². The molecule has 7 heteroatoms. The van der Waals surface area contributed by atoms with Crippen molar-refractivity contribution in [2.45, 2.75) is 4.90 Å². The number of nitrogens with zero attached hydrogens (tertiary/aromatic N) is 1. The first-order chi connectivity index (χ1) is 13.1. The summed E-state index contributed by atoms with van der Waals surface area (Å²) in [6.45, 7) is 0. The van der Waals surface area contributed by atoms with Gasteiger partial charge in [0.25, 0.3) is 5.91 Å². The fourth-order valence-electron chi connectivity index (χ4n) is 2.81. The molecule has 0 spiro atoms. The maximum atomic E-state index is 12.5. The summed E-state index contributed by atoms with van der Waals surface area (Å²) in [5, 5.41) is 9.07. The molecular formula is C20H15N3O3S. The zero-order valence-electron chi connectivity index (χ0n) is 14.1. The summed E-state index contributed by atoms with van der Waals surface area (Å²) < 4.78 is 16.8. The van der Waals surface area contributed by atoms with Crippen molar-refractivity contribution in [3.63, 3.8) is 0 Å². The molecule has 0 fully saturated rings. The van der Waals surface area contributed by atoms with Gasteiger partial charge in [-0.2, -0.15) is 0 Å². The zero-order chi connectivity index (χ0) is 18.8. The van der Waals surface area contributed by atoms with E-state index in [1.54, 1.807) is 48.9 Å². The minimum absolute atomic E-state index is 0.268. The lowest BCUT2D eigenvalue weighted by Gasteiger charge is -2.08. The minimum atomic E-state index is -1.60. The number of nitrogens with one attached hydrogen (secondary N) is 1. The Morgan fingerprint density at radius 2 is 1.89 bits per heavy atom. The first-order valence-electron chi connectivity index (χ1n) is 8.12. The number of hydrogen-bond acceptors (Lipinski definition) is 4. The number of fused-ring (bicyclic) bond motifs is 1. The van der Waals surface area contributed by atoms with Crippen LogP contribution in [-0.4, -0.2) is 15.1 Å². The van der Waals surface area contributed by atoms with Gasteiger partial charge in [0.05, 0.1) is 16.9 Å². The fourth-order valence-corrected chi connectivity index (χ4v) is 3.26. The molecule has 0 saturated heterocycles. The molecule has 134 valence electrons. The monoisotopic (exact) mass is 377 g/mol. The Labute approximate surface area is 157 Å². The number of anilines is 1. The van der Waals surface area contributed by atoms with Gasteiger partial charge >= 0.3 is 0 Å². The van der Waals surface area contributed by atoms with Crippen molar-refractivity contribution in [1.82, 2.24) is 4.98 Å². The first-order valence-corrected chi connectivity index (χ1v) is 9.33.